The Labute approximate surface area is 234 Å². The topological polar surface area (TPSA) is 29.5 Å². The van der Waals surface area contributed by atoms with E-state index in [0.717, 1.165) is 69.7 Å². The smallest absolute Gasteiger partial charge is 0.226 e. The minimum atomic E-state index is 0. The molecule has 1 fully saturated rings. The van der Waals surface area contributed by atoms with Crippen LogP contribution in [0, 0.1) is 0 Å². The van der Waals surface area contributed by atoms with Gasteiger partial charge in [-0.25, -0.2) is 0 Å². The molecule has 0 spiro atoms. The van der Waals surface area contributed by atoms with Crippen LogP contribution in [0.1, 0.15) is 116 Å². The van der Waals surface area contributed by atoms with Crippen molar-refractivity contribution in [1.29, 1.82) is 0 Å². The first-order valence-electron chi connectivity index (χ1n) is 15.1. The van der Waals surface area contributed by atoms with Gasteiger partial charge < -0.3 is 17.1 Å². The van der Waals surface area contributed by atoms with E-state index in [1.165, 1.54) is 69.8 Å². The Morgan fingerprint density at radius 2 is 1.43 bits per heavy atom. The maximum atomic E-state index is 12.4. The predicted octanol–water partition coefficient (Wildman–Crippen LogP) is 5.19. The molecule has 0 bridgehead atoms. The summed E-state index contributed by atoms with van der Waals surface area (Å²) in [6, 6.07) is 10.5. The molecule has 1 unspecified atom stereocenters. The number of benzene rings is 1. The number of quaternary nitrogens is 1. The number of halogens is 1. The maximum Gasteiger partial charge on any atom is 0.226 e. The number of hydrogen-bond donors (Lipinski definition) is 0. The molecular weight excluding hydrogens is 480 g/mol. The maximum absolute atomic E-state index is 12.4. The van der Waals surface area contributed by atoms with Crippen LogP contribution in [0.5, 0.6) is 0 Å². The van der Waals surface area contributed by atoms with Gasteiger partial charge in [0.25, 0.3) is 0 Å². The molecule has 0 aromatic heterocycles. The number of hydrogen-bond acceptors (Lipinski definition) is 2. The van der Waals surface area contributed by atoms with Crippen LogP contribution in [0.3, 0.4) is 0 Å². The van der Waals surface area contributed by atoms with Gasteiger partial charge in [0.15, 0.2) is 6.67 Å². The molecule has 1 amide bonds. The van der Waals surface area contributed by atoms with Gasteiger partial charge in [-0.3, -0.25) is 14.2 Å². The Bertz CT molecular complexity index is 712. The number of ether oxygens (including phenoxy) is 1. The number of carbonyl (C=O) groups excluding carboxylic acids is 1. The highest BCUT2D eigenvalue weighted by atomic mass is 35.5. The summed E-state index contributed by atoms with van der Waals surface area (Å²) in [4.78, 5) is 14.5. The van der Waals surface area contributed by atoms with Gasteiger partial charge >= 0.3 is 0 Å². The van der Waals surface area contributed by atoms with Gasteiger partial charge in [-0.2, -0.15) is 0 Å². The highest BCUT2D eigenvalue weighted by molar-refractivity contribution is 5.77. The van der Waals surface area contributed by atoms with E-state index >= 15 is 0 Å². The number of rotatable bonds is 22. The van der Waals surface area contributed by atoms with Crippen LogP contribution in [0.4, 0.5) is 0 Å². The van der Waals surface area contributed by atoms with Crippen molar-refractivity contribution in [3.05, 3.63) is 42.1 Å². The van der Waals surface area contributed by atoms with Gasteiger partial charge in [0.2, 0.25) is 5.91 Å². The summed E-state index contributed by atoms with van der Waals surface area (Å²) >= 11 is 0. The lowest BCUT2D eigenvalue weighted by atomic mass is 10.1. The van der Waals surface area contributed by atoms with E-state index in [2.05, 4.69) is 61.4 Å². The quantitative estimate of drug-likeness (QED) is 0.151. The number of likely N-dealkylation sites (tertiary alicyclic amines) is 1. The minimum absolute atomic E-state index is 0. The lowest BCUT2D eigenvalue weighted by molar-refractivity contribution is -0.887. The molecule has 1 atom stereocenters. The van der Waals surface area contributed by atoms with Crippen molar-refractivity contribution in [3.63, 3.8) is 0 Å². The van der Waals surface area contributed by atoms with E-state index in [1.807, 2.05) is 0 Å². The molecule has 0 radical (unpaired) electrons. The second-order valence-corrected chi connectivity index (χ2v) is 10.8. The number of nitrogens with zero attached hydrogens (tertiary/aromatic N) is 2. The van der Waals surface area contributed by atoms with Crippen LogP contribution in [0.25, 0.3) is 6.08 Å². The summed E-state index contributed by atoms with van der Waals surface area (Å²) in [5.41, 5.74) is 1.23. The Hall–Kier alpha value is -1.36. The third kappa shape index (κ3) is 15.0. The van der Waals surface area contributed by atoms with Crippen molar-refractivity contribution < 1.29 is 26.4 Å². The van der Waals surface area contributed by atoms with Gasteiger partial charge in [0.1, 0.15) is 0 Å². The zero-order chi connectivity index (χ0) is 25.7. The monoisotopic (exact) mass is 534 g/mol. The SMILES string of the molecule is CCCCCCCCCCCCOCCCC[N+](C=Cc1ccccc1)(CCC)CN1CCCC1=O.[Cl-]. The molecule has 0 N–H and O–H groups in total. The van der Waals surface area contributed by atoms with Crippen LogP contribution in [-0.2, 0) is 9.53 Å². The fourth-order valence-electron chi connectivity index (χ4n) is 5.32. The Morgan fingerprint density at radius 3 is 2.03 bits per heavy atom. The van der Waals surface area contributed by atoms with E-state index in [9.17, 15) is 4.79 Å². The number of carbonyl (C=O) groups is 1. The van der Waals surface area contributed by atoms with Crippen molar-refractivity contribution >= 4 is 12.0 Å². The van der Waals surface area contributed by atoms with Crippen molar-refractivity contribution in [1.82, 2.24) is 4.90 Å². The van der Waals surface area contributed by atoms with Gasteiger partial charge in [0, 0.05) is 26.2 Å². The average Bonchev–Trinajstić information content (AvgIpc) is 3.29. The Morgan fingerprint density at radius 1 is 0.811 bits per heavy atom. The van der Waals surface area contributed by atoms with E-state index in [4.69, 9.17) is 4.74 Å². The molecule has 4 nitrogen and oxygen atoms in total. The molecule has 1 aromatic carbocycles. The lowest BCUT2D eigenvalue weighted by Crippen LogP contribution is -3.00. The molecule has 1 heterocycles. The zero-order valence-electron chi connectivity index (χ0n) is 24.0. The molecule has 0 aliphatic carbocycles. The molecule has 1 aliphatic rings. The van der Waals surface area contributed by atoms with E-state index < -0.39 is 0 Å². The first-order valence-corrected chi connectivity index (χ1v) is 15.1. The van der Waals surface area contributed by atoms with Gasteiger partial charge in [-0.05, 0) is 43.7 Å². The molecule has 1 saturated heterocycles. The van der Waals surface area contributed by atoms with E-state index in [-0.39, 0.29) is 12.4 Å². The van der Waals surface area contributed by atoms with Crippen molar-refractivity contribution in [2.24, 2.45) is 0 Å². The Balaban J connectivity index is 0.00000684. The van der Waals surface area contributed by atoms with Gasteiger partial charge in [0.05, 0.1) is 19.3 Å². The van der Waals surface area contributed by atoms with Crippen LogP contribution in [-0.4, -0.2) is 54.8 Å². The zero-order valence-corrected chi connectivity index (χ0v) is 24.7. The highest BCUT2D eigenvalue weighted by Gasteiger charge is 2.31. The normalized spacial score (nSPS) is 15.3. The van der Waals surface area contributed by atoms with Crippen LogP contribution in [0.2, 0.25) is 0 Å². The van der Waals surface area contributed by atoms with Crippen molar-refractivity contribution in [2.45, 2.75) is 110 Å². The summed E-state index contributed by atoms with van der Waals surface area (Å²) in [6.07, 6.45) is 23.3. The van der Waals surface area contributed by atoms with Gasteiger partial charge in [-0.15, -0.1) is 0 Å². The van der Waals surface area contributed by atoms with Gasteiger partial charge in [-0.1, -0.05) is 102 Å². The summed E-state index contributed by atoms with van der Waals surface area (Å²) < 4.78 is 6.83. The number of unbranched alkanes of at least 4 members (excludes halogenated alkanes) is 10. The first kappa shape index (κ1) is 33.7. The average molecular weight is 535 g/mol. The van der Waals surface area contributed by atoms with Crippen LogP contribution < -0.4 is 12.4 Å². The summed E-state index contributed by atoms with van der Waals surface area (Å²) in [5, 5.41) is 0. The van der Waals surface area contributed by atoms with E-state index in [1.54, 1.807) is 0 Å². The lowest BCUT2D eigenvalue weighted by Gasteiger charge is -2.38. The Kier molecular flexibility index (Phi) is 19.6. The van der Waals surface area contributed by atoms with Crippen molar-refractivity contribution in [2.75, 3.05) is 39.5 Å². The van der Waals surface area contributed by atoms with Crippen LogP contribution in [0.15, 0.2) is 36.5 Å². The second-order valence-electron chi connectivity index (χ2n) is 10.8. The van der Waals surface area contributed by atoms with Crippen LogP contribution >= 0.6 is 0 Å². The molecule has 37 heavy (non-hydrogen) atoms. The fraction of sp³-hybridized carbons (Fsp3) is 0.719. The molecule has 1 aromatic rings. The molecule has 2 rings (SSSR count). The molecule has 0 saturated carbocycles. The fourth-order valence-corrected chi connectivity index (χ4v) is 5.32. The highest BCUT2D eigenvalue weighted by Crippen LogP contribution is 2.20. The first-order chi connectivity index (χ1) is 17.7. The summed E-state index contributed by atoms with van der Waals surface area (Å²) in [5.74, 6) is 0.321. The number of amides is 1. The van der Waals surface area contributed by atoms with Crippen molar-refractivity contribution in [3.8, 4) is 0 Å². The molecular formula is C32H55ClN2O2. The van der Waals surface area contributed by atoms with E-state index in [0.29, 0.717) is 12.3 Å². The third-order valence-electron chi connectivity index (χ3n) is 7.46. The minimum Gasteiger partial charge on any atom is -1.00 e. The largest absolute Gasteiger partial charge is 1.00 e. The molecule has 212 valence electrons. The standard InChI is InChI=1S/C32H55N2O2.ClH/c1-3-5-6-7-8-9-10-11-12-17-28-36-29-18-16-26-34(25-4-2,30-33-24-19-22-32(33)35)27-23-31-20-14-13-15-21-31;/h13-15,20-21,23,27H,3-12,16-19,22,24-26,28-30H2,1-2H3;1H/q+1;/p-1. The predicted molar refractivity (Wildman–Crippen MR) is 153 cm³/mol. The third-order valence-corrected chi connectivity index (χ3v) is 7.46. The molecule has 5 heteroatoms. The second kappa shape index (κ2) is 21.6. The summed E-state index contributed by atoms with van der Waals surface area (Å²) in [7, 11) is 0. The summed E-state index contributed by atoms with van der Waals surface area (Å²) in [6.45, 7) is 10.1. The molecule has 1 aliphatic heterocycles.